The second kappa shape index (κ2) is 8.57. The smallest absolute Gasteiger partial charge is 0.177 e. The third kappa shape index (κ3) is 4.07. The summed E-state index contributed by atoms with van der Waals surface area (Å²) in [6.45, 7) is 4.77. The molecule has 148 valence electrons. The molecule has 1 atom stereocenters. The molecule has 0 radical (unpaired) electrons. The number of ether oxygens (including phenoxy) is 1. The van der Waals surface area contributed by atoms with Gasteiger partial charge in [-0.05, 0) is 30.8 Å². The van der Waals surface area contributed by atoms with Gasteiger partial charge in [0.25, 0.3) is 0 Å². The van der Waals surface area contributed by atoms with E-state index in [-0.39, 0.29) is 28.9 Å². The molecule has 1 saturated heterocycles. The number of morpholine rings is 1. The molecule has 0 unspecified atom stereocenters. The standard InChI is InChI=1S/C18H20ClF2N3OS.ClH/c19-12-1-2-13(20)16(17(12)21)11-9-15-14(22-18(26)24(15)10-11)3-4-23-5-7-25-8-6-23;/h1-2,11H,3-10H2,(H,22,26);1H/t11-;/m1./s1. The minimum atomic E-state index is -0.660. The van der Waals surface area contributed by atoms with Crippen LogP contribution in [0.2, 0.25) is 5.02 Å². The number of aromatic nitrogens is 2. The van der Waals surface area contributed by atoms with E-state index in [4.69, 9.17) is 28.6 Å². The van der Waals surface area contributed by atoms with Gasteiger partial charge in [0, 0.05) is 55.5 Å². The number of H-pyrrole nitrogens is 1. The number of imidazole rings is 1. The Kier molecular flexibility index (Phi) is 6.58. The van der Waals surface area contributed by atoms with Crippen molar-refractivity contribution in [2.24, 2.45) is 0 Å². The molecule has 0 spiro atoms. The van der Waals surface area contributed by atoms with Crippen LogP contribution in [0.15, 0.2) is 12.1 Å². The fourth-order valence-corrected chi connectivity index (χ4v) is 4.38. The Morgan fingerprint density at radius 2 is 2.00 bits per heavy atom. The molecule has 2 aliphatic heterocycles. The predicted molar refractivity (Wildman–Crippen MR) is 106 cm³/mol. The molecule has 0 bridgehead atoms. The Hall–Kier alpha value is -0.990. The van der Waals surface area contributed by atoms with Crippen LogP contribution in [0.3, 0.4) is 0 Å². The van der Waals surface area contributed by atoms with Crippen molar-refractivity contribution in [1.82, 2.24) is 14.5 Å². The first-order chi connectivity index (χ1) is 12.5. The maximum absolute atomic E-state index is 14.4. The molecule has 1 aromatic heterocycles. The van der Waals surface area contributed by atoms with E-state index >= 15 is 0 Å². The number of hydrogen-bond donors (Lipinski definition) is 1. The first-order valence-electron chi connectivity index (χ1n) is 8.78. The summed E-state index contributed by atoms with van der Waals surface area (Å²) in [5.74, 6) is -1.50. The van der Waals surface area contributed by atoms with Crippen LogP contribution in [0.5, 0.6) is 0 Å². The highest BCUT2D eigenvalue weighted by atomic mass is 35.5. The van der Waals surface area contributed by atoms with Gasteiger partial charge in [0.15, 0.2) is 4.77 Å². The third-order valence-electron chi connectivity index (χ3n) is 5.29. The van der Waals surface area contributed by atoms with Crippen molar-refractivity contribution in [2.75, 3.05) is 32.8 Å². The lowest BCUT2D eigenvalue weighted by atomic mass is 9.95. The average Bonchev–Trinajstić information content (AvgIpc) is 3.19. The summed E-state index contributed by atoms with van der Waals surface area (Å²) in [7, 11) is 0. The Labute approximate surface area is 172 Å². The van der Waals surface area contributed by atoms with Gasteiger partial charge in [0.05, 0.1) is 18.2 Å². The number of aromatic amines is 1. The van der Waals surface area contributed by atoms with E-state index in [2.05, 4.69) is 9.88 Å². The van der Waals surface area contributed by atoms with Gasteiger partial charge in [-0.25, -0.2) is 8.78 Å². The van der Waals surface area contributed by atoms with Gasteiger partial charge in [-0.3, -0.25) is 4.90 Å². The quantitative estimate of drug-likeness (QED) is 0.579. The lowest BCUT2D eigenvalue weighted by Gasteiger charge is -2.26. The molecule has 2 aromatic rings. The maximum atomic E-state index is 14.4. The highest BCUT2D eigenvalue weighted by molar-refractivity contribution is 7.71. The second-order valence-electron chi connectivity index (χ2n) is 6.83. The molecular formula is C18H21Cl2F2N3OS. The second-order valence-corrected chi connectivity index (χ2v) is 7.62. The van der Waals surface area contributed by atoms with Gasteiger partial charge in [0.2, 0.25) is 0 Å². The molecule has 4 rings (SSSR count). The number of nitrogens with zero attached hydrogens (tertiary/aromatic N) is 2. The lowest BCUT2D eigenvalue weighted by Crippen LogP contribution is -2.37. The summed E-state index contributed by atoms with van der Waals surface area (Å²) < 4.78 is 36.6. The van der Waals surface area contributed by atoms with E-state index in [0.717, 1.165) is 50.7 Å². The molecule has 1 aromatic carbocycles. The molecule has 1 N–H and O–H groups in total. The van der Waals surface area contributed by atoms with Crippen molar-refractivity contribution in [3.63, 3.8) is 0 Å². The average molecular weight is 436 g/mol. The van der Waals surface area contributed by atoms with Crippen molar-refractivity contribution < 1.29 is 13.5 Å². The fraction of sp³-hybridized carbons (Fsp3) is 0.500. The topological polar surface area (TPSA) is 33.2 Å². The largest absolute Gasteiger partial charge is 0.379 e. The van der Waals surface area contributed by atoms with Gasteiger partial charge in [-0.1, -0.05) is 11.6 Å². The van der Waals surface area contributed by atoms with Gasteiger partial charge >= 0.3 is 0 Å². The van der Waals surface area contributed by atoms with E-state index < -0.39 is 11.6 Å². The summed E-state index contributed by atoms with van der Waals surface area (Å²) in [6, 6.07) is 2.49. The highest BCUT2D eigenvalue weighted by Crippen LogP contribution is 2.36. The van der Waals surface area contributed by atoms with Crippen LogP contribution in [-0.2, 0) is 24.1 Å². The van der Waals surface area contributed by atoms with Crippen LogP contribution < -0.4 is 0 Å². The predicted octanol–water partition coefficient (Wildman–Crippen LogP) is 4.11. The third-order valence-corrected chi connectivity index (χ3v) is 5.90. The van der Waals surface area contributed by atoms with Gasteiger partial charge in [-0.2, -0.15) is 0 Å². The van der Waals surface area contributed by atoms with Crippen molar-refractivity contribution >= 4 is 36.2 Å². The molecule has 0 saturated carbocycles. The van der Waals surface area contributed by atoms with E-state index in [1.807, 2.05) is 4.57 Å². The minimum absolute atomic E-state index is 0. The zero-order valence-electron chi connectivity index (χ0n) is 14.6. The van der Waals surface area contributed by atoms with Crippen LogP contribution in [-0.4, -0.2) is 47.3 Å². The normalized spacial score (nSPS) is 19.7. The minimum Gasteiger partial charge on any atom is -0.379 e. The number of hydrogen-bond acceptors (Lipinski definition) is 3. The van der Waals surface area contributed by atoms with E-state index in [1.165, 1.54) is 12.1 Å². The molecule has 3 heterocycles. The van der Waals surface area contributed by atoms with E-state index in [0.29, 0.717) is 17.7 Å². The van der Waals surface area contributed by atoms with Crippen LogP contribution in [0.4, 0.5) is 8.78 Å². The summed E-state index contributed by atoms with van der Waals surface area (Å²) in [6.07, 6.45) is 1.39. The molecule has 0 aliphatic carbocycles. The van der Waals surface area contributed by atoms with Crippen molar-refractivity contribution in [1.29, 1.82) is 0 Å². The first-order valence-corrected chi connectivity index (χ1v) is 9.57. The molecule has 4 nitrogen and oxygen atoms in total. The Balaban J connectivity index is 0.00000210. The van der Waals surface area contributed by atoms with Crippen molar-refractivity contribution in [3.8, 4) is 0 Å². The summed E-state index contributed by atoms with van der Waals surface area (Å²) >= 11 is 11.3. The van der Waals surface area contributed by atoms with Crippen LogP contribution in [0, 0.1) is 16.4 Å². The van der Waals surface area contributed by atoms with Crippen LogP contribution in [0.25, 0.3) is 0 Å². The summed E-state index contributed by atoms with van der Waals surface area (Å²) in [5.41, 5.74) is 2.17. The maximum Gasteiger partial charge on any atom is 0.177 e. The summed E-state index contributed by atoms with van der Waals surface area (Å²) in [4.78, 5) is 5.63. The number of benzene rings is 1. The van der Waals surface area contributed by atoms with Crippen LogP contribution >= 0.6 is 36.2 Å². The molecule has 2 aliphatic rings. The highest BCUT2D eigenvalue weighted by Gasteiger charge is 2.31. The SMILES string of the molecule is Cl.Fc1ccc(Cl)c(F)c1[C@@H]1Cc2c(CCN3CCOCC3)[nH]c(=S)n2C1. The number of nitrogens with one attached hydrogen (secondary N) is 1. The number of fused-ring (bicyclic) bond motifs is 1. The van der Waals surface area contributed by atoms with Gasteiger partial charge in [0.1, 0.15) is 11.6 Å². The lowest BCUT2D eigenvalue weighted by molar-refractivity contribution is 0.0383. The molecule has 1 fully saturated rings. The zero-order chi connectivity index (χ0) is 18.3. The number of halogens is 4. The van der Waals surface area contributed by atoms with Crippen LogP contribution in [0.1, 0.15) is 22.9 Å². The Morgan fingerprint density at radius 3 is 2.74 bits per heavy atom. The molecule has 0 amide bonds. The number of rotatable bonds is 4. The fourth-order valence-electron chi connectivity index (χ4n) is 3.91. The molecular weight excluding hydrogens is 415 g/mol. The monoisotopic (exact) mass is 435 g/mol. The molecule has 27 heavy (non-hydrogen) atoms. The first kappa shape index (κ1) is 20.7. The van der Waals surface area contributed by atoms with Gasteiger partial charge < -0.3 is 14.3 Å². The Bertz CT molecular complexity index is 880. The van der Waals surface area contributed by atoms with E-state index in [1.54, 1.807) is 0 Å². The Morgan fingerprint density at radius 1 is 1.26 bits per heavy atom. The summed E-state index contributed by atoms with van der Waals surface area (Å²) in [5, 5.41) is -0.0457. The zero-order valence-corrected chi connectivity index (χ0v) is 17.0. The van der Waals surface area contributed by atoms with Crippen molar-refractivity contribution in [2.45, 2.75) is 25.3 Å². The van der Waals surface area contributed by atoms with Gasteiger partial charge in [-0.15, -0.1) is 12.4 Å². The van der Waals surface area contributed by atoms with Crippen molar-refractivity contribution in [3.05, 3.63) is 50.5 Å². The van der Waals surface area contributed by atoms with E-state index in [9.17, 15) is 8.78 Å². The molecule has 9 heteroatoms.